The van der Waals surface area contributed by atoms with Crippen molar-refractivity contribution < 1.29 is 4.74 Å². The topological polar surface area (TPSA) is 103 Å². The maximum atomic E-state index is 12.2. The number of aromatic nitrogens is 2. The molecule has 0 saturated carbocycles. The highest BCUT2D eigenvalue weighted by Gasteiger charge is 2.28. The van der Waals surface area contributed by atoms with Gasteiger partial charge in [0.25, 0.3) is 5.56 Å². The Morgan fingerprint density at radius 3 is 2.64 bits per heavy atom. The summed E-state index contributed by atoms with van der Waals surface area (Å²) in [7, 11) is 1.49. The van der Waals surface area contributed by atoms with Gasteiger partial charge in [0.05, 0.1) is 18.6 Å². The van der Waals surface area contributed by atoms with Crippen molar-refractivity contribution in [3.63, 3.8) is 0 Å². The monoisotopic (exact) mass is 372 g/mol. The van der Waals surface area contributed by atoms with E-state index in [-0.39, 0.29) is 11.3 Å². The summed E-state index contributed by atoms with van der Waals surface area (Å²) in [6.45, 7) is 3.78. The van der Waals surface area contributed by atoms with Gasteiger partial charge in [-0.15, -0.1) is 0 Å². The molecule has 3 aromatic rings. The van der Waals surface area contributed by atoms with Crippen LogP contribution in [0, 0.1) is 22.7 Å². The number of fused-ring (bicyclic) bond motifs is 1. The van der Waals surface area contributed by atoms with Crippen molar-refractivity contribution in [2.45, 2.75) is 32.1 Å². The lowest BCUT2D eigenvalue weighted by molar-refractivity contribution is 0.396. The predicted octanol–water partition coefficient (Wildman–Crippen LogP) is 3.39. The van der Waals surface area contributed by atoms with E-state index in [4.69, 9.17) is 4.74 Å². The van der Waals surface area contributed by atoms with Gasteiger partial charge in [-0.2, -0.15) is 10.5 Å². The second-order valence-corrected chi connectivity index (χ2v) is 6.91. The van der Waals surface area contributed by atoms with Gasteiger partial charge in [0, 0.05) is 17.1 Å². The molecule has 0 bridgehead atoms. The lowest BCUT2D eigenvalue weighted by Gasteiger charge is -2.23. The minimum absolute atomic E-state index is 0.108. The Morgan fingerprint density at radius 1 is 1.21 bits per heavy atom. The summed E-state index contributed by atoms with van der Waals surface area (Å²) in [5.41, 5.74) is 2.28. The summed E-state index contributed by atoms with van der Waals surface area (Å²) >= 11 is 0. The Kier molecular flexibility index (Phi) is 5.15. The average molecular weight is 372 g/mol. The first kappa shape index (κ1) is 19.1. The molecule has 6 heteroatoms. The molecule has 0 fully saturated rings. The van der Waals surface area contributed by atoms with E-state index in [1.165, 1.54) is 7.11 Å². The van der Waals surface area contributed by atoms with Crippen LogP contribution in [0.4, 0.5) is 0 Å². The molecule has 0 aliphatic carbocycles. The number of nitrogens with zero attached hydrogens (tertiary/aromatic N) is 3. The predicted molar refractivity (Wildman–Crippen MR) is 106 cm³/mol. The van der Waals surface area contributed by atoms with Gasteiger partial charge in [-0.25, -0.2) is 4.98 Å². The molecule has 0 saturated heterocycles. The summed E-state index contributed by atoms with van der Waals surface area (Å²) in [6, 6.07) is 15.4. The van der Waals surface area contributed by atoms with Crippen LogP contribution in [0.25, 0.3) is 10.9 Å². The first-order chi connectivity index (χ1) is 13.4. The molecule has 0 radical (unpaired) electrons. The first-order valence-electron chi connectivity index (χ1n) is 8.95. The van der Waals surface area contributed by atoms with Gasteiger partial charge in [-0.3, -0.25) is 4.79 Å². The molecule has 1 N–H and O–H groups in total. The number of methoxy groups -OCH3 is 1. The van der Waals surface area contributed by atoms with E-state index >= 15 is 0 Å². The Balaban J connectivity index is 2.06. The minimum Gasteiger partial charge on any atom is -0.481 e. The van der Waals surface area contributed by atoms with Crippen LogP contribution in [0.15, 0.2) is 41.2 Å². The third kappa shape index (κ3) is 3.58. The van der Waals surface area contributed by atoms with Crippen molar-refractivity contribution in [3.05, 3.63) is 69.1 Å². The van der Waals surface area contributed by atoms with Gasteiger partial charge in [-0.05, 0) is 54.5 Å². The van der Waals surface area contributed by atoms with E-state index in [1.54, 1.807) is 12.1 Å². The molecule has 1 atom stereocenters. The standard InChI is InChI=1S/C22H20N4O2/c1-4-15-9-16-5-6-17(10-19(16)26-21(15)27)22(2,13-24)11-14-7-18(12-23)25-20(8-14)28-3/h5-10H,4,11H2,1-3H3,(H,26,27). The van der Waals surface area contributed by atoms with Crippen LogP contribution in [-0.4, -0.2) is 17.1 Å². The highest BCUT2D eigenvalue weighted by atomic mass is 16.5. The first-order valence-corrected chi connectivity index (χ1v) is 8.95. The Labute approximate surface area is 163 Å². The number of aryl methyl sites for hydroxylation is 1. The van der Waals surface area contributed by atoms with Crippen LogP contribution >= 0.6 is 0 Å². The zero-order chi connectivity index (χ0) is 20.3. The second-order valence-electron chi connectivity index (χ2n) is 6.91. The Hall–Kier alpha value is -3.64. The number of H-pyrrole nitrogens is 1. The number of rotatable bonds is 5. The third-order valence-electron chi connectivity index (χ3n) is 4.93. The fourth-order valence-corrected chi connectivity index (χ4v) is 3.29. The molecule has 0 aliphatic rings. The molecule has 2 heterocycles. The summed E-state index contributed by atoms with van der Waals surface area (Å²) in [5, 5.41) is 20.0. The average Bonchev–Trinajstić information content (AvgIpc) is 2.72. The van der Waals surface area contributed by atoms with E-state index < -0.39 is 5.41 Å². The van der Waals surface area contributed by atoms with Gasteiger partial charge in [0.15, 0.2) is 0 Å². The molecule has 28 heavy (non-hydrogen) atoms. The van der Waals surface area contributed by atoms with E-state index in [9.17, 15) is 15.3 Å². The summed E-state index contributed by atoms with van der Waals surface area (Å²) in [6.07, 6.45) is 1.04. The van der Waals surface area contributed by atoms with Crippen LogP contribution in [0.5, 0.6) is 5.88 Å². The van der Waals surface area contributed by atoms with Crippen molar-refractivity contribution in [3.8, 4) is 18.0 Å². The van der Waals surface area contributed by atoms with E-state index in [1.807, 2.05) is 44.2 Å². The molecule has 1 aromatic carbocycles. The van der Waals surface area contributed by atoms with Crippen LogP contribution in [0.1, 0.15) is 36.2 Å². The molecular weight excluding hydrogens is 352 g/mol. The van der Waals surface area contributed by atoms with Gasteiger partial charge in [0.1, 0.15) is 11.8 Å². The maximum absolute atomic E-state index is 12.2. The van der Waals surface area contributed by atoms with Crippen LogP contribution in [0.2, 0.25) is 0 Å². The lowest BCUT2D eigenvalue weighted by atomic mass is 9.78. The zero-order valence-corrected chi connectivity index (χ0v) is 16.0. The number of aromatic amines is 1. The van der Waals surface area contributed by atoms with Crippen molar-refractivity contribution in [2.24, 2.45) is 0 Å². The van der Waals surface area contributed by atoms with Crippen LogP contribution in [0.3, 0.4) is 0 Å². The summed E-state index contributed by atoms with van der Waals surface area (Å²) < 4.78 is 5.16. The largest absolute Gasteiger partial charge is 0.481 e. The van der Waals surface area contributed by atoms with Crippen LogP contribution < -0.4 is 10.3 Å². The third-order valence-corrected chi connectivity index (χ3v) is 4.93. The van der Waals surface area contributed by atoms with E-state index in [0.717, 1.165) is 22.1 Å². The van der Waals surface area contributed by atoms with Gasteiger partial charge in [0.2, 0.25) is 5.88 Å². The molecule has 0 amide bonds. The maximum Gasteiger partial charge on any atom is 0.251 e. The molecule has 2 aromatic heterocycles. The number of hydrogen-bond acceptors (Lipinski definition) is 5. The fraction of sp³-hybridized carbons (Fsp3) is 0.273. The molecule has 1 unspecified atom stereocenters. The quantitative estimate of drug-likeness (QED) is 0.739. The van der Waals surface area contributed by atoms with Crippen LogP contribution in [-0.2, 0) is 18.3 Å². The van der Waals surface area contributed by atoms with E-state index in [0.29, 0.717) is 24.2 Å². The molecule has 3 rings (SSSR count). The van der Waals surface area contributed by atoms with Crippen molar-refractivity contribution in [2.75, 3.05) is 7.11 Å². The fourth-order valence-electron chi connectivity index (χ4n) is 3.29. The molecule has 0 aliphatic heterocycles. The number of nitrogens with one attached hydrogen (secondary N) is 1. The normalized spacial score (nSPS) is 12.8. The highest BCUT2D eigenvalue weighted by molar-refractivity contribution is 5.80. The van der Waals surface area contributed by atoms with E-state index in [2.05, 4.69) is 16.0 Å². The van der Waals surface area contributed by atoms with Crippen molar-refractivity contribution in [1.82, 2.24) is 9.97 Å². The lowest BCUT2D eigenvalue weighted by Crippen LogP contribution is -2.23. The highest BCUT2D eigenvalue weighted by Crippen LogP contribution is 2.30. The number of ether oxygens (including phenoxy) is 1. The van der Waals surface area contributed by atoms with Gasteiger partial charge in [-0.1, -0.05) is 19.1 Å². The number of hydrogen-bond donors (Lipinski definition) is 1. The molecule has 6 nitrogen and oxygen atoms in total. The van der Waals surface area contributed by atoms with Crippen molar-refractivity contribution in [1.29, 1.82) is 10.5 Å². The SMILES string of the molecule is CCc1cc2ccc(C(C)(C#N)Cc3cc(C#N)nc(OC)c3)cc2[nH]c1=O. The minimum atomic E-state index is -0.854. The smallest absolute Gasteiger partial charge is 0.251 e. The number of benzene rings is 1. The summed E-state index contributed by atoms with van der Waals surface area (Å²) in [4.78, 5) is 19.1. The Bertz CT molecular complexity index is 1180. The Morgan fingerprint density at radius 2 is 2.00 bits per heavy atom. The molecular formula is C22H20N4O2. The van der Waals surface area contributed by atoms with Gasteiger partial charge >= 0.3 is 0 Å². The molecule has 0 spiro atoms. The second kappa shape index (κ2) is 7.54. The zero-order valence-electron chi connectivity index (χ0n) is 16.0. The molecule has 140 valence electrons. The number of nitriles is 2. The van der Waals surface area contributed by atoms with Gasteiger partial charge < -0.3 is 9.72 Å². The number of pyridine rings is 2. The summed E-state index contributed by atoms with van der Waals surface area (Å²) in [5.74, 6) is 0.337. The van der Waals surface area contributed by atoms with Crippen molar-refractivity contribution >= 4 is 10.9 Å².